The molecule has 1 saturated heterocycles. The van der Waals surface area contributed by atoms with Gasteiger partial charge in [0.15, 0.2) is 6.10 Å². The molecular weight excluding hydrogens is 264 g/mol. The number of rotatable bonds is 12. The van der Waals surface area contributed by atoms with E-state index >= 15 is 0 Å². The maximum Gasteiger partial charge on any atom is 0.159 e. The fourth-order valence-electron chi connectivity index (χ4n) is 2.15. The zero-order valence-electron chi connectivity index (χ0n) is 13.1. The molecule has 0 bridgehead atoms. The highest BCUT2D eigenvalue weighted by atomic mass is 16.6. The molecule has 0 radical (unpaired) electrons. The minimum absolute atomic E-state index is 0.197. The summed E-state index contributed by atoms with van der Waals surface area (Å²) in [6.45, 7) is 2.13. The van der Waals surface area contributed by atoms with Crippen molar-refractivity contribution in [3.63, 3.8) is 0 Å². The monoisotopic (exact) mass is 291 g/mol. The summed E-state index contributed by atoms with van der Waals surface area (Å²) in [7, 11) is 0. The summed E-state index contributed by atoms with van der Waals surface area (Å²) in [6, 6.07) is 0. The molecule has 1 heterocycles. The minimum atomic E-state index is -0.934. The van der Waals surface area contributed by atoms with E-state index in [9.17, 15) is 9.90 Å². The van der Waals surface area contributed by atoms with Gasteiger partial charge in [0, 0.05) is 12.4 Å². The van der Waals surface area contributed by atoms with Crippen LogP contribution < -0.4 is 5.11 Å². The molecule has 118 valence electrons. The van der Waals surface area contributed by atoms with Crippen molar-refractivity contribution in [2.45, 2.75) is 70.8 Å². The van der Waals surface area contributed by atoms with Crippen LogP contribution in [-0.4, -0.2) is 12.1 Å². The first-order valence-electron chi connectivity index (χ1n) is 8.12. The van der Waals surface area contributed by atoms with Crippen LogP contribution in [0.25, 0.3) is 0 Å². The van der Waals surface area contributed by atoms with Crippen molar-refractivity contribution in [3.05, 3.63) is 36.1 Å². The lowest BCUT2D eigenvalue weighted by Crippen LogP contribution is -2.21. The fraction of sp³-hybridized carbons (Fsp3) is 0.611. The first kappa shape index (κ1) is 17.5. The number of unbranched alkanes of at least 4 members (excludes halogenated alkanes) is 5. The quantitative estimate of drug-likeness (QED) is 0.313. The van der Waals surface area contributed by atoms with Gasteiger partial charge in [-0.3, -0.25) is 0 Å². The van der Waals surface area contributed by atoms with E-state index in [1.807, 2.05) is 0 Å². The van der Waals surface area contributed by atoms with Crippen LogP contribution in [0.1, 0.15) is 64.7 Å². The average molecular weight is 291 g/mol. The number of aliphatic carboxylic acids is 1. The van der Waals surface area contributed by atoms with Crippen LogP contribution in [-0.2, 0) is 9.53 Å². The lowest BCUT2D eigenvalue weighted by molar-refractivity contribution is -0.305. The zero-order chi connectivity index (χ0) is 15.3. The largest absolute Gasteiger partial charge is 0.550 e. The number of carbonyl (C=O) groups is 1. The number of ether oxygens (including phenoxy) is 1. The van der Waals surface area contributed by atoms with Gasteiger partial charge in [0.25, 0.3) is 0 Å². The topological polar surface area (TPSA) is 52.7 Å². The van der Waals surface area contributed by atoms with Gasteiger partial charge in [-0.25, -0.2) is 0 Å². The van der Waals surface area contributed by atoms with Gasteiger partial charge in [0.05, 0.1) is 0 Å². The molecule has 0 spiro atoms. The molecule has 0 aromatic heterocycles. The maximum absolute atomic E-state index is 10.2. The SMILES string of the molecule is CC/C=C\C[C@@H]1O/C1=C/C=C\CCCCCCCC(=O)[O-]. The van der Waals surface area contributed by atoms with Crippen molar-refractivity contribution >= 4 is 5.97 Å². The number of epoxide rings is 1. The molecule has 1 rings (SSSR count). The van der Waals surface area contributed by atoms with E-state index in [2.05, 4.69) is 37.3 Å². The van der Waals surface area contributed by atoms with Crippen molar-refractivity contribution in [2.75, 3.05) is 0 Å². The average Bonchev–Trinajstić information content (AvgIpc) is 3.19. The lowest BCUT2D eigenvalue weighted by Gasteiger charge is -2.01. The Balaban J connectivity index is 1.92. The van der Waals surface area contributed by atoms with Crippen molar-refractivity contribution in [3.8, 4) is 0 Å². The highest BCUT2D eigenvalue weighted by Crippen LogP contribution is 2.30. The van der Waals surface area contributed by atoms with Gasteiger partial charge < -0.3 is 14.6 Å². The smallest absolute Gasteiger partial charge is 0.159 e. The van der Waals surface area contributed by atoms with E-state index in [0.29, 0.717) is 6.10 Å². The molecule has 0 unspecified atom stereocenters. The summed E-state index contributed by atoms with van der Waals surface area (Å²) in [6.07, 6.45) is 19.5. The van der Waals surface area contributed by atoms with Crippen LogP contribution in [0.4, 0.5) is 0 Å². The molecule has 0 amide bonds. The second kappa shape index (κ2) is 11.2. The van der Waals surface area contributed by atoms with Gasteiger partial charge in [-0.05, 0) is 38.2 Å². The molecule has 1 atom stereocenters. The van der Waals surface area contributed by atoms with Crippen molar-refractivity contribution < 1.29 is 14.6 Å². The first-order chi connectivity index (χ1) is 10.2. The number of allylic oxidation sites excluding steroid dienone is 4. The van der Waals surface area contributed by atoms with E-state index in [0.717, 1.165) is 57.1 Å². The standard InChI is InChI=1S/C18H28O3/c1-2-3-10-13-16-17(21-16)14-11-8-6-4-5-7-9-12-15-18(19)20/h3,8,10-11,14,16H,2,4-7,9,12-13,15H2,1H3,(H,19,20)/p-1/b10-3-,11-8-,17-14+/t16-/m0/s1. The fourth-order valence-corrected chi connectivity index (χ4v) is 2.15. The number of carboxylic acids is 1. The Morgan fingerprint density at radius 3 is 2.67 bits per heavy atom. The normalized spacial score (nSPS) is 19.5. The first-order valence-corrected chi connectivity index (χ1v) is 8.12. The summed E-state index contributed by atoms with van der Waals surface area (Å²) in [5.74, 6) is 0.158. The third-order valence-corrected chi connectivity index (χ3v) is 3.44. The van der Waals surface area contributed by atoms with Crippen molar-refractivity contribution in [1.29, 1.82) is 0 Å². The van der Waals surface area contributed by atoms with Crippen LogP contribution in [0, 0.1) is 0 Å². The Morgan fingerprint density at radius 1 is 1.14 bits per heavy atom. The molecule has 0 aromatic carbocycles. The molecule has 0 N–H and O–H groups in total. The summed E-state index contributed by atoms with van der Waals surface area (Å²) >= 11 is 0. The highest BCUT2D eigenvalue weighted by Gasteiger charge is 2.29. The van der Waals surface area contributed by atoms with Gasteiger partial charge in [0.2, 0.25) is 0 Å². The van der Waals surface area contributed by atoms with Crippen LogP contribution in [0.3, 0.4) is 0 Å². The van der Waals surface area contributed by atoms with Crippen LogP contribution >= 0.6 is 0 Å². The second-order valence-corrected chi connectivity index (χ2v) is 5.40. The zero-order valence-corrected chi connectivity index (χ0v) is 13.1. The van der Waals surface area contributed by atoms with E-state index in [4.69, 9.17) is 4.74 Å². The Hall–Kier alpha value is -1.51. The van der Waals surface area contributed by atoms with E-state index in [1.165, 1.54) is 0 Å². The molecule has 1 fully saturated rings. The molecule has 0 aromatic rings. The van der Waals surface area contributed by atoms with E-state index < -0.39 is 5.97 Å². The van der Waals surface area contributed by atoms with E-state index in [1.54, 1.807) is 0 Å². The molecular formula is C18H27O3-. The van der Waals surface area contributed by atoms with Crippen LogP contribution in [0.15, 0.2) is 36.1 Å². The Labute approximate surface area is 128 Å². The molecule has 3 nitrogen and oxygen atoms in total. The van der Waals surface area contributed by atoms with Gasteiger partial charge in [-0.2, -0.15) is 0 Å². The van der Waals surface area contributed by atoms with Gasteiger partial charge in [0.1, 0.15) is 5.76 Å². The molecule has 1 aliphatic heterocycles. The summed E-state index contributed by atoms with van der Waals surface area (Å²) in [5.41, 5.74) is 0. The van der Waals surface area contributed by atoms with Gasteiger partial charge >= 0.3 is 0 Å². The third kappa shape index (κ3) is 9.94. The number of carbonyl (C=O) groups excluding carboxylic acids is 1. The summed E-state index contributed by atoms with van der Waals surface area (Å²) in [5, 5.41) is 10.2. The van der Waals surface area contributed by atoms with E-state index in [-0.39, 0.29) is 6.42 Å². The molecule has 3 heteroatoms. The third-order valence-electron chi connectivity index (χ3n) is 3.44. The Morgan fingerprint density at radius 2 is 1.90 bits per heavy atom. The molecule has 0 aliphatic carbocycles. The maximum atomic E-state index is 10.2. The number of carboxylic acid groups (broad SMARTS) is 1. The van der Waals surface area contributed by atoms with Crippen molar-refractivity contribution in [2.24, 2.45) is 0 Å². The van der Waals surface area contributed by atoms with Crippen LogP contribution in [0.2, 0.25) is 0 Å². The highest BCUT2D eigenvalue weighted by molar-refractivity contribution is 5.64. The molecule has 0 saturated carbocycles. The molecule has 21 heavy (non-hydrogen) atoms. The number of hydrogen-bond acceptors (Lipinski definition) is 3. The predicted octanol–water partition coefficient (Wildman–Crippen LogP) is 3.66. The predicted molar refractivity (Wildman–Crippen MR) is 83.5 cm³/mol. The van der Waals surface area contributed by atoms with Gasteiger partial charge in [-0.1, -0.05) is 50.5 Å². The van der Waals surface area contributed by atoms with Gasteiger partial charge in [-0.15, -0.1) is 0 Å². The minimum Gasteiger partial charge on any atom is -0.550 e. The van der Waals surface area contributed by atoms with Crippen LogP contribution in [0.5, 0.6) is 0 Å². The van der Waals surface area contributed by atoms with Crippen molar-refractivity contribution in [1.82, 2.24) is 0 Å². The summed E-state index contributed by atoms with van der Waals surface area (Å²) < 4.78 is 5.46. The summed E-state index contributed by atoms with van der Waals surface area (Å²) in [4.78, 5) is 10.2. The Kier molecular flexibility index (Phi) is 9.34. The Bertz CT molecular complexity index is 380. The molecule has 1 aliphatic rings. The number of hydrogen-bond donors (Lipinski definition) is 0. The second-order valence-electron chi connectivity index (χ2n) is 5.40. The lowest BCUT2D eigenvalue weighted by atomic mass is 10.1.